The first-order valence-corrected chi connectivity index (χ1v) is 8.72. The van der Waals surface area contributed by atoms with E-state index < -0.39 is 24.4 Å². The van der Waals surface area contributed by atoms with Gasteiger partial charge in [-0.3, -0.25) is 5.09 Å². The normalized spacial score (nSPS) is 14.8. The van der Waals surface area contributed by atoms with Crippen LogP contribution in [0.1, 0.15) is 12.8 Å². The molecule has 0 saturated heterocycles. The van der Waals surface area contributed by atoms with Gasteiger partial charge in [-0.1, -0.05) is 18.1 Å². The third-order valence-electron chi connectivity index (χ3n) is 2.79. The van der Waals surface area contributed by atoms with Crippen LogP contribution in [0.4, 0.5) is 13.2 Å². The molecule has 1 aromatic heterocycles. The Hall–Kier alpha value is -1.37. The van der Waals surface area contributed by atoms with Crippen molar-refractivity contribution < 1.29 is 22.3 Å². The van der Waals surface area contributed by atoms with Gasteiger partial charge in [-0.15, -0.1) is 0 Å². The maximum atomic E-state index is 14.1. The van der Waals surface area contributed by atoms with E-state index in [-0.39, 0.29) is 16.7 Å². The summed E-state index contributed by atoms with van der Waals surface area (Å²) in [6.07, 6.45) is 0. The minimum Gasteiger partial charge on any atom is -0.331 e. The van der Waals surface area contributed by atoms with Gasteiger partial charge in [-0.25, -0.2) is 4.39 Å². The molecule has 0 aliphatic heterocycles. The zero-order valence-electron chi connectivity index (χ0n) is 11.6. The maximum absolute atomic E-state index is 14.1. The molecule has 2 rings (SSSR count). The average molecular weight is 354 g/mol. The molecular formula is C12H12ClF3N3O2P. The highest BCUT2D eigenvalue weighted by atomic mass is 35.5. The summed E-state index contributed by atoms with van der Waals surface area (Å²) in [5.41, 5.74) is 0.105. The van der Waals surface area contributed by atoms with Crippen molar-refractivity contribution in [3.05, 3.63) is 29.9 Å². The summed E-state index contributed by atoms with van der Waals surface area (Å²) in [7, 11) is -3.05. The Bertz CT molecular complexity index is 733. The van der Waals surface area contributed by atoms with Crippen LogP contribution < -0.4 is 10.4 Å². The standard InChI is InChI=1S/C12H12ClF3N3O2P/c1-3-17-22(2,20)9-5-4-7(6-8(9)14)10-18-11(21-19-10)12(13,15)16/h4-6H,3H2,1-2H3,(H,17,20). The Morgan fingerprint density at radius 2 is 2.14 bits per heavy atom. The fraction of sp³-hybridized carbons (Fsp3) is 0.333. The zero-order valence-corrected chi connectivity index (χ0v) is 13.3. The second kappa shape index (κ2) is 6.02. The summed E-state index contributed by atoms with van der Waals surface area (Å²) in [5.74, 6) is -2.08. The van der Waals surface area contributed by atoms with E-state index in [0.717, 1.165) is 6.07 Å². The van der Waals surface area contributed by atoms with Crippen molar-refractivity contribution in [2.24, 2.45) is 0 Å². The first-order chi connectivity index (χ1) is 10.1. The van der Waals surface area contributed by atoms with Gasteiger partial charge in [0, 0.05) is 12.2 Å². The van der Waals surface area contributed by atoms with E-state index in [9.17, 15) is 17.7 Å². The summed E-state index contributed by atoms with van der Waals surface area (Å²) >= 11 is 4.76. The van der Waals surface area contributed by atoms with E-state index in [1.807, 2.05) is 0 Å². The molecule has 0 spiro atoms. The first kappa shape index (κ1) is 17.0. The number of rotatable bonds is 5. The van der Waals surface area contributed by atoms with Crippen molar-refractivity contribution in [3.63, 3.8) is 0 Å². The highest BCUT2D eigenvalue weighted by Gasteiger charge is 2.35. The highest BCUT2D eigenvalue weighted by molar-refractivity contribution is 7.69. The van der Waals surface area contributed by atoms with Crippen LogP contribution in [-0.2, 0) is 9.95 Å². The molecule has 1 N–H and O–H groups in total. The highest BCUT2D eigenvalue weighted by Crippen LogP contribution is 2.36. The van der Waals surface area contributed by atoms with Gasteiger partial charge < -0.3 is 9.09 Å². The third kappa shape index (κ3) is 3.51. The van der Waals surface area contributed by atoms with E-state index in [4.69, 9.17) is 11.6 Å². The number of alkyl halides is 3. The van der Waals surface area contributed by atoms with Gasteiger partial charge in [-0.05, 0) is 30.3 Å². The summed E-state index contributed by atoms with van der Waals surface area (Å²) in [4.78, 5) is 3.41. The second-order valence-electron chi connectivity index (χ2n) is 4.52. The quantitative estimate of drug-likeness (QED) is 0.660. The Balaban J connectivity index is 2.38. The minimum absolute atomic E-state index is 0.00416. The fourth-order valence-corrected chi connectivity index (χ4v) is 3.52. The third-order valence-corrected chi connectivity index (χ3v) is 5.16. The molecule has 0 aliphatic carbocycles. The zero-order chi connectivity index (χ0) is 16.5. The summed E-state index contributed by atoms with van der Waals surface area (Å²) < 4.78 is 56.4. The average Bonchev–Trinajstić information content (AvgIpc) is 2.87. The summed E-state index contributed by atoms with van der Waals surface area (Å²) in [6.45, 7) is 3.55. The van der Waals surface area contributed by atoms with E-state index in [1.165, 1.54) is 18.8 Å². The topological polar surface area (TPSA) is 68.0 Å². The van der Waals surface area contributed by atoms with Gasteiger partial charge >= 0.3 is 11.3 Å². The van der Waals surface area contributed by atoms with Crippen LogP contribution >= 0.6 is 18.9 Å². The van der Waals surface area contributed by atoms with Crippen molar-refractivity contribution in [1.29, 1.82) is 0 Å². The van der Waals surface area contributed by atoms with E-state index in [1.54, 1.807) is 6.92 Å². The van der Waals surface area contributed by atoms with Crippen molar-refractivity contribution in [2.45, 2.75) is 12.3 Å². The number of nitrogens with one attached hydrogen (secondary N) is 1. The van der Waals surface area contributed by atoms with Crippen LogP contribution in [0, 0.1) is 5.82 Å². The lowest BCUT2D eigenvalue weighted by molar-refractivity contribution is 0.0551. The van der Waals surface area contributed by atoms with Gasteiger partial charge in [0.1, 0.15) is 5.82 Å². The van der Waals surface area contributed by atoms with Crippen molar-refractivity contribution in [2.75, 3.05) is 13.2 Å². The van der Waals surface area contributed by atoms with Gasteiger partial charge in [0.15, 0.2) is 7.29 Å². The van der Waals surface area contributed by atoms with Gasteiger partial charge in [-0.2, -0.15) is 13.8 Å². The molecule has 5 nitrogen and oxygen atoms in total. The molecule has 2 aromatic rings. The van der Waals surface area contributed by atoms with Gasteiger partial charge in [0.25, 0.3) is 0 Å². The number of benzene rings is 1. The lowest BCUT2D eigenvalue weighted by atomic mass is 10.2. The molecule has 0 amide bonds. The Labute approximate surface area is 129 Å². The van der Waals surface area contributed by atoms with Crippen LogP contribution in [0.15, 0.2) is 22.7 Å². The van der Waals surface area contributed by atoms with E-state index in [2.05, 4.69) is 19.8 Å². The molecule has 1 aromatic carbocycles. The predicted octanol–water partition coefficient (Wildman–Crippen LogP) is 3.31. The molecule has 22 heavy (non-hydrogen) atoms. The number of halogens is 4. The molecule has 0 saturated carbocycles. The molecule has 120 valence electrons. The second-order valence-corrected chi connectivity index (χ2v) is 7.64. The molecule has 10 heteroatoms. The SMILES string of the molecule is CCNP(C)(=O)c1ccc(-c2noc(C(F)(F)Cl)n2)cc1F. The maximum Gasteiger partial charge on any atom is 0.400 e. The Morgan fingerprint density at radius 3 is 2.64 bits per heavy atom. The van der Waals surface area contributed by atoms with Crippen molar-refractivity contribution in [1.82, 2.24) is 15.2 Å². The molecular weight excluding hydrogens is 342 g/mol. The number of nitrogens with zero attached hydrogens (tertiary/aromatic N) is 2. The monoisotopic (exact) mass is 353 g/mol. The van der Waals surface area contributed by atoms with Crippen molar-refractivity contribution >= 4 is 24.2 Å². The summed E-state index contributed by atoms with van der Waals surface area (Å²) in [6, 6.07) is 3.67. The van der Waals surface area contributed by atoms with Crippen LogP contribution in [-0.4, -0.2) is 23.4 Å². The Morgan fingerprint density at radius 1 is 1.45 bits per heavy atom. The molecule has 0 radical (unpaired) electrons. The van der Waals surface area contributed by atoms with Crippen LogP contribution in [0.2, 0.25) is 0 Å². The van der Waals surface area contributed by atoms with Crippen LogP contribution in [0.5, 0.6) is 0 Å². The lowest BCUT2D eigenvalue weighted by Crippen LogP contribution is -2.20. The Kier molecular flexibility index (Phi) is 4.65. The summed E-state index contributed by atoms with van der Waals surface area (Å²) in [5, 5.41) is 2.24. The molecule has 0 fully saturated rings. The van der Waals surface area contributed by atoms with Crippen LogP contribution in [0.25, 0.3) is 11.4 Å². The largest absolute Gasteiger partial charge is 0.400 e. The molecule has 1 heterocycles. The fourth-order valence-electron chi connectivity index (χ4n) is 1.83. The molecule has 1 unspecified atom stereocenters. The molecule has 1 atom stereocenters. The molecule has 0 aliphatic rings. The van der Waals surface area contributed by atoms with Crippen molar-refractivity contribution in [3.8, 4) is 11.4 Å². The van der Waals surface area contributed by atoms with Crippen LogP contribution in [0.3, 0.4) is 0 Å². The van der Waals surface area contributed by atoms with Gasteiger partial charge in [0.05, 0.1) is 5.30 Å². The number of aromatic nitrogens is 2. The van der Waals surface area contributed by atoms with E-state index in [0.29, 0.717) is 6.54 Å². The number of hydrogen-bond acceptors (Lipinski definition) is 4. The number of hydrogen-bond donors (Lipinski definition) is 1. The first-order valence-electron chi connectivity index (χ1n) is 6.19. The molecule has 0 bridgehead atoms. The lowest BCUT2D eigenvalue weighted by Gasteiger charge is -2.14. The van der Waals surface area contributed by atoms with Gasteiger partial charge in [0.2, 0.25) is 5.82 Å². The minimum atomic E-state index is -3.80. The van der Waals surface area contributed by atoms with E-state index >= 15 is 0 Å². The predicted molar refractivity (Wildman–Crippen MR) is 76.3 cm³/mol. The smallest absolute Gasteiger partial charge is 0.331 e.